The fourth-order valence-corrected chi connectivity index (χ4v) is 2.67. The van der Waals surface area contributed by atoms with Crippen molar-refractivity contribution in [3.8, 4) is 5.75 Å². The number of hydrogen-bond donors (Lipinski definition) is 2. The van der Waals surface area contributed by atoms with E-state index in [1.54, 1.807) is 0 Å². The smallest absolute Gasteiger partial charge is 0.318 e. The van der Waals surface area contributed by atoms with Crippen LogP contribution in [0.4, 0.5) is 4.79 Å². The Morgan fingerprint density at radius 1 is 1.12 bits per heavy atom. The molecule has 2 aromatic rings. The molecule has 3 N–H and O–H groups in total. The van der Waals surface area contributed by atoms with Gasteiger partial charge < -0.3 is 10.5 Å². The lowest BCUT2D eigenvalue weighted by molar-refractivity contribution is -0.125. The zero-order valence-corrected chi connectivity index (χ0v) is 14.4. The first kappa shape index (κ1) is 18.5. The Morgan fingerprint density at radius 3 is 2.32 bits per heavy atom. The number of benzene rings is 2. The molecule has 0 saturated heterocycles. The molecular weight excluding hydrogens is 318 g/mol. The fourth-order valence-electron chi connectivity index (χ4n) is 2.67. The monoisotopic (exact) mass is 341 g/mol. The second-order valence-electron chi connectivity index (χ2n) is 5.66. The third-order valence-electron chi connectivity index (χ3n) is 3.72. The highest BCUT2D eigenvalue weighted by Gasteiger charge is 2.26. The van der Waals surface area contributed by atoms with Gasteiger partial charge in [-0.2, -0.15) is 0 Å². The molecule has 0 spiro atoms. The van der Waals surface area contributed by atoms with Gasteiger partial charge in [0.25, 0.3) is 0 Å². The van der Waals surface area contributed by atoms with Gasteiger partial charge in [-0.15, -0.1) is 0 Å². The minimum absolute atomic E-state index is 0.452. The van der Waals surface area contributed by atoms with Gasteiger partial charge in [-0.25, -0.2) is 4.79 Å². The van der Waals surface area contributed by atoms with Gasteiger partial charge in [0, 0.05) is 6.54 Å². The van der Waals surface area contributed by atoms with Crippen LogP contribution in [0.1, 0.15) is 24.1 Å². The Balaban J connectivity index is 2.18. The first-order chi connectivity index (χ1) is 12.0. The molecule has 2 rings (SSSR count). The maximum Gasteiger partial charge on any atom is 0.318 e. The molecule has 6 nitrogen and oxygen atoms in total. The Bertz CT molecular complexity index is 702. The lowest BCUT2D eigenvalue weighted by atomic mass is 10.0. The molecule has 6 heteroatoms. The lowest BCUT2D eigenvalue weighted by Gasteiger charge is -2.27. The summed E-state index contributed by atoms with van der Waals surface area (Å²) in [6, 6.07) is 15.5. The van der Waals surface area contributed by atoms with Crippen LogP contribution >= 0.6 is 0 Å². The second kappa shape index (κ2) is 8.84. The summed E-state index contributed by atoms with van der Waals surface area (Å²) in [5.41, 5.74) is 6.92. The molecule has 0 aliphatic heterocycles. The van der Waals surface area contributed by atoms with E-state index in [9.17, 15) is 9.59 Å². The van der Waals surface area contributed by atoms with Crippen LogP contribution in [-0.4, -0.2) is 30.5 Å². The standard InChI is InChI=1S/C19H23N3O3/c1-3-25-16-11-9-14(10-12-16)13-22(2)17(18(23)21-19(20)24)15-7-5-4-6-8-15/h4-12,17H,3,13H2,1-2H3,(H3,20,21,23,24). The van der Waals surface area contributed by atoms with E-state index in [-0.39, 0.29) is 0 Å². The number of carbonyl (C=O) groups is 2. The Hall–Kier alpha value is -2.86. The largest absolute Gasteiger partial charge is 0.494 e. The van der Waals surface area contributed by atoms with Gasteiger partial charge in [-0.1, -0.05) is 42.5 Å². The van der Waals surface area contributed by atoms with Crippen LogP contribution in [0, 0.1) is 0 Å². The Labute approximate surface area is 147 Å². The number of ether oxygens (including phenoxy) is 1. The molecule has 0 bridgehead atoms. The average Bonchev–Trinajstić information content (AvgIpc) is 2.57. The summed E-state index contributed by atoms with van der Waals surface area (Å²) in [5, 5.41) is 2.17. The number of nitrogens with zero attached hydrogens (tertiary/aromatic N) is 1. The van der Waals surface area contributed by atoms with Crippen LogP contribution in [0.15, 0.2) is 54.6 Å². The third kappa shape index (κ3) is 5.32. The molecule has 2 aromatic carbocycles. The van der Waals surface area contributed by atoms with E-state index >= 15 is 0 Å². The van der Waals surface area contributed by atoms with Gasteiger partial charge in [0.05, 0.1) is 6.61 Å². The number of urea groups is 1. The number of nitrogens with two attached hydrogens (primary N) is 1. The number of carbonyl (C=O) groups excluding carboxylic acids is 2. The highest BCUT2D eigenvalue weighted by atomic mass is 16.5. The third-order valence-corrected chi connectivity index (χ3v) is 3.72. The van der Waals surface area contributed by atoms with Crippen molar-refractivity contribution < 1.29 is 14.3 Å². The average molecular weight is 341 g/mol. The van der Waals surface area contributed by atoms with Crippen molar-refractivity contribution in [2.45, 2.75) is 19.5 Å². The summed E-state index contributed by atoms with van der Waals surface area (Å²) >= 11 is 0. The number of imide groups is 1. The van der Waals surface area contributed by atoms with Crippen molar-refractivity contribution in [1.29, 1.82) is 0 Å². The summed E-state index contributed by atoms with van der Waals surface area (Å²) < 4.78 is 5.44. The number of rotatable bonds is 7. The van der Waals surface area contributed by atoms with Crippen LogP contribution in [0.2, 0.25) is 0 Å². The molecule has 3 amide bonds. The summed E-state index contributed by atoms with van der Waals surface area (Å²) in [4.78, 5) is 25.4. The van der Waals surface area contributed by atoms with E-state index in [4.69, 9.17) is 10.5 Å². The fraction of sp³-hybridized carbons (Fsp3) is 0.263. The van der Waals surface area contributed by atoms with E-state index in [2.05, 4.69) is 5.32 Å². The van der Waals surface area contributed by atoms with Crippen molar-refractivity contribution in [3.05, 3.63) is 65.7 Å². The molecule has 132 valence electrons. The number of amides is 3. The van der Waals surface area contributed by atoms with E-state index < -0.39 is 18.0 Å². The highest BCUT2D eigenvalue weighted by molar-refractivity contribution is 5.96. The molecule has 0 heterocycles. The summed E-state index contributed by atoms with van der Waals surface area (Å²) in [5.74, 6) is 0.354. The van der Waals surface area contributed by atoms with Gasteiger partial charge in [0.2, 0.25) is 5.91 Å². The van der Waals surface area contributed by atoms with Crippen molar-refractivity contribution in [1.82, 2.24) is 10.2 Å². The van der Waals surface area contributed by atoms with Gasteiger partial charge in [-0.3, -0.25) is 15.0 Å². The molecular formula is C19H23N3O3. The van der Waals surface area contributed by atoms with Crippen molar-refractivity contribution in [3.63, 3.8) is 0 Å². The van der Waals surface area contributed by atoms with E-state index in [1.165, 1.54) is 0 Å². The van der Waals surface area contributed by atoms with E-state index in [0.717, 1.165) is 16.9 Å². The lowest BCUT2D eigenvalue weighted by Crippen LogP contribution is -2.43. The summed E-state index contributed by atoms with van der Waals surface area (Å²) in [6.07, 6.45) is 0. The zero-order valence-electron chi connectivity index (χ0n) is 14.4. The van der Waals surface area contributed by atoms with E-state index in [1.807, 2.05) is 73.5 Å². The molecule has 0 aromatic heterocycles. The van der Waals surface area contributed by atoms with Gasteiger partial charge >= 0.3 is 6.03 Å². The minimum Gasteiger partial charge on any atom is -0.494 e. The Morgan fingerprint density at radius 2 is 1.76 bits per heavy atom. The molecule has 1 atom stereocenters. The number of nitrogens with one attached hydrogen (secondary N) is 1. The highest BCUT2D eigenvalue weighted by Crippen LogP contribution is 2.22. The predicted molar refractivity (Wildman–Crippen MR) is 96.0 cm³/mol. The minimum atomic E-state index is -0.861. The Kier molecular flexibility index (Phi) is 6.54. The van der Waals surface area contributed by atoms with Crippen molar-refractivity contribution in [2.75, 3.05) is 13.7 Å². The van der Waals surface area contributed by atoms with Crippen molar-refractivity contribution >= 4 is 11.9 Å². The maximum atomic E-state index is 12.5. The molecule has 0 aliphatic rings. The maximum absolute atomic E-state index is 12.5. The van der Waals surface area contributed by atoms with Crippen LogP contribution in [0.25, 0.3) is 0 Å². The quantitative estimate of drug-likeness (QED) is 0.810. The van der Waals surface area contributed by atoms with Gasteiger partial charge in [-0.05, 0) is 37.2 Å². The molecule has 1 unspecified atom stereocenters. The summed E-state index contributed by atoms with van der Waals surface area (Å²) in [7, 11) is 1.83. The first-order valence-corrected chi connectivity index (χ1v) is 8.08. The van der Waals surface area contributed by atoms with Gasteiger partial charge in [0.1, 0.15) is 11.8 Å². The SMILES string of the molecule is CCOc1ccc(CN(C)C(C(=O)NC(N)=O)c2ccccc2)cc1. The van der Waals surface area contributed by atoms with Gasteiger partial charge in [0.15, 0.2) is 0 Å². The molecule has 25 heavy (non-hydrogen) atoms. The summed E-state index contributed by atoms with van der Waals surface area (Å²) in [6.45, 7) is 3.07. The topological polar surface area (TPSA) is 84.7 Å². The zero-order chi connectivity index (χ0) is 18.2. The predicted octanol–water partition coefficient (Wildman–Crippen LogP) is 2.45. The normalized spacial score (nSPS) is 11.8. The number of hydrogen-bond acceptors (Lipinski definition) is 4. The van der Waals surface area contributed by atoms with E-state index in [0.29, 0.717) is 13.2 Å². The molecule has 0 radical (unpaired) electrons. The molecule has 0 saturated carbocycles. The van der Waals surface area contributed by atoms with Crippen LogP contribution in [0.5, 0.6) is 5.75 Å². The van der Waals surface area contributed by atoms with Crippen molar-refractivity contribution in [2.24, 2.45) is 5.73 Å². The number of primary amides is 1. The van der Waals surface area contributed by atoms with Crippen LogP contribution in [-0.2, 0) is 11.3 Å². The number of likely N-dealkylation sites (N-methyl/N-ethyl adjacent to an activating group) is 1. The second-order valence-corrected chi connectivity index (χ2v) is 5.66. The van der Waals surface area contributed by atoms with Crippen LogP contribution in [0.3, 0.4) is 0 Å². The molecule has 0 fully saturated rings. The van der Waals surface area contributed by atoms with Crippen LogP contribution < -0.4 is 15.8 Å². The molecule has 0 aliphatic carbocycles. The first-order valence-electron chi connectivity index (χ1n) is 8.08.